The van der Waals surface area contributed by atoms with Gasteiger partial charge in [0.15, 0.2) is 0 Å². The molecule has 86 valence electrons. The smallest absolute Gasteiger partial charge is 0.258 e. The van der Waals surface area contributed by atoms with Crippen LogP contribution < -0.4 is 10.1 Å². The quantitative estimate of drug-likeness (QED) is 0.717. The number of benzene rings is 1. The molecule has 1 heterocycles. The van der Waals surface area contributed by atoms with Crippen LogP contribution >= 0.6 is 34.8 Å². The molecule has 1 atom stereocenters. The standard InChI is InChI=1S/C9H6Cl3NO3/c10-9(11,12)8-13-7(15)5-3-4(14)1-2-6(5)16-8/h1-3,8,14H,(H,13,15). The Hall–Kier alpha value is -0.840. The highest BCUT2D eigenvalue weighted by Gasteiger charge is 2.40. The fraction of sp³-hybridized carbons (Fsp3) is 0.222. The number of ether oxygens (including phenoxy) is 1. The molecule has 1 aromatic rings. The van der Waals surface area contributed by atoms with E-state index >= 15 is 0 Å². The van der Waals surface area contributed by atoms with Gasteiger partial charge in [-0.2, -0.15) is 0 Å². The van der Waals surface area contributed by atoms with Crippen LogP contribution in [-0.2, 0) is 0 Å². The Bertz CT molecular complexity index is 444. The number of alkyl halides is 3. The van der Waals surface area contributed by atoms with Crippen molar-refractivity contribution in [2.45, 2.75) is 10.0 Å². The third-order valence-corrected chi connectivity index (χ3v) is 2.61. The lowest BCUT2D eigenvalue weighted by molar-refractivity contribution is 0.0763. The van der Waals surface area contributed by atoms with E-state index in [0.29, 0.717) is 0 Å². The molecule has 2 rings (SSSR count). The second-order valence-electron chi connectivity index (χ2n) is 3.19. The molecule has 1 unspecified atom stereocenters. The molecule has 1 aliphatic heterocycles. The van der Waals surface area contributed by atoms with Crippen LogP contribution in [0.15, 0.2) is 18.2 Å². The van der Waals surface area contributed by atoms with Gasteiger partial charge in [0.2, 0.25) is 10.0 Å². The van der Waals surface area contributed by atoms with E-state index in [2.05, 4.69) is 5.32 Å². The third-order valence-electron chi connectivity index (χ3n) is 2.01. The van der Waals surface area contributed by atoms with E-state index in [1.54, 1.807) is 0 Å². The fourth-order valence-corrected chi connectivity index (χ4v) is 1.60. The highest BCUT2D eigenvalue weighted by Crippen LogP contribution is 2.36. The van der Waals surface area contributed by atoms with E-state index in [4.69, 9.17) is 39.5 Å². The number of hydrogen-bond donors (Lipinski definition) is 2. The molecule has 0 saturated heterocycles. The van der Waals surface area contributed by atoms with Crippen LogP contribution in [0.3, 0.4) is 0 Å². The number of carbonyl (C=O) groups is 1. The molecular weight excluding hydrogens is 276 g/mol. The topological polar surface area (TPSA) is 58.6 Å². The number of halogens is 3. The number of phenols is 1. The number of phenolic OH excluding ortho intramolecular Hbond substituents is 1. The molecule has 0 fully saturated rings. The first kappa shape index (κ1) is 11.6. The highest BCUT2D eigenvalue weighted by atomic mass is 35.6. The molecule has 0 aromatic heterocycles. The first-order valence-corrected chi connectivity index (χ1v) is 5.38. The van der Waals surface area contributed by atoms with Crippen molar-refractivity contribution < 1.29 is 14.6 Å². The summed E-state index contributed by atoms with van der Waals surface area (Å²) < 4.78 is 3.52. The van der Waals surface area contributed by atoms with Gasteiger partial charge in [0.25, 0.3) is 5.91 Å². The number of nitrogens with one attached hydrogen (secondary N) is 1. The van der Waals surface area contributed by atoms with Crippen molar-refractivity contribution in [1.82, 2.24) is 5.32 Å². The number of rotatable bonds is 0. The van der Waals surface area contributed by atoms with Crippen molar-refractivity contribution >= 4 is 40.7 Å². The first-order valence-electron chi connectivity index (χ1n) is 4.25. The zero-order valence-electron chi connectivity index (χ0n) is 7.71. The van der Waals surface area contributed by atoms with Crippen LogP contribution in [-0.4, -0.2) is 21.0 Å². The van der Waals surface area contributed by atoms with Gasteiger partial charge in [-0.1, -0.05) is 34.8 Å². The maximum atomic E-state index is 11.6. The Morgan fingerprint density at radius 2 is 2.06 bits per heavy atom. The lowest BCUT2D eigenvalue weighted by Gasteiger charge is -2.30. The van der Waals surface area contributed by atoms with Gasteiger partial charge in [-0.3, -0.25) is 4.79 Å². The normalized spacial score (nSPS) is 19.7. The average molecular weight is 283 g/mol. The summed E-state index contributed by atoms with van der Waals surface area (Å²) in [6.45, 7) is 0. The third kappa shape index (κ3) is 2.14. The fourth-order valence-electron chi connectivity index (χ4n) is 1.30. The van der Waals surface area contributed by atoms with Gasteiger partial charge in [-0.05, 0) is 18.2 Å². The zero-order valence-corrected chi connectivity index (χ0v) is 9.97. The van der Waals surface area contributed by atoms with Gasteiger partial charge in [0.1, 0.15) is 11.5 Å². The van der Waals surface area contributed by atoms with E-state index in [1.165, 1.54) is 18.2 Å². The lowest BCUT2D eigenvalue weighted by Crippen LogP contribution is -2.50. The van der Waals surface area contributed by atoms with Crippen LogP contribution in [0.1, 0.15) is 10.4 Å². The van der Waals surface area contributed by atoms with Gasteiger partial charge in [0, 0.05) is 0 Å². The monoisotopic (exact) mass is 281 g/mol. The maximum Gasteiger partial charge on any atom is 0.258 e. The molecule has 2 N–H and O–H groups in total. The van der Waals surface area contributed by atoms with Crippen molar-refractivity contribution in [2.24, 2.45) is 0 Å². The predicted octanol–water partition coefficient (Wildman–Crippen LogP) is 2.21. The zero-order chi connectivity index (χ0) is 11.9. The Balaban J connectivity index is 2.38. The molecule has 1 aromatic carbocycles. The molecule has 0 radical (unpaired) electrons. The summed E-state index contributed by atoms with van der Waals surface area (Å²) >= 11 is 16.9. The molecule has 0 saturated carbocycles. The van der Waals surface area contributed by atoms with Crippen molar-refractivity contribution in [2.75, 3.05) is 0 Å². The minimum Gasteiger partial charge on any atom is -0.508 e. The Morgan fingerprint density at radius 3 is 2.69 bits per heavy atom. The van der Waals surface area contributed by atoms with E-state index in [-0.39, 0.29) is 17.1 Å². The van der Waals surface area contributed by atoms with Crippen molar-refractivity contribution in [3.8, 4) is 11.5 Å². The summed E-state index contributed by atoms with van der Waals surface area (Å²) in [5.74, 6) is -0.240. The minimum absolute atomic E-state index is 0.0372. The number of fused-ring (bicyclic) bond motifs is 1. The molecule has 0 aliphatic carbocycles. The summed E-state index contributed by atoms with van der Waals surface area (Å²) in [5, 5.41) is 11.6. The number of amides is 1. The van der Waals surface area contributed by atoms with Gasteiger partial charge >= 0.3 is 0 Å². The largest absolute Gasteiger partial charge is 0.508 e. The Morgan fingerprint density at radius 1 is 1.38 bits per heavy atom. The van der Waals surface area contributed by atoms with E-state index in [0.717, 1.165) is 0 Å². The van der Waals surface area contributed by atoms with Crippen LogP contribution in [0.25, 0.3) is 0 Å². The van der Waals surface area contributed by atoms with Gasteiger partial charge < -0.3 is 15.2 Å². The van der Waals surface area contributed by atoms with Crippen molar-refractivity contribution in [1.29, 1.82) is 0 Å². The molecule has 4 nitrogen and oxygen atoms in total. The molecule has 16 heavy (non-hydrogen) atoms. The minimum atomic E-state index is -1.76. The summed E-state index contributed by atoms with van der Waals surface area (Å²) in [6, 6.07) is 4.10. The maximum absolute atomic E-state index is 11.6. The van der Waals surface area contributed by atoms with Crippen LogP contribution in [0, 0.1) is 0 Å². The first-order chi connectivity index (χ1) is 7.38. The number of aromatic hydroxyl groups is 1. The van der Waals surface area contributed by atoms with Crippen LogP contribution in [0.5, 0.6) is 11.5 Å². The molecule has 1 aliphatic rings. The number of hydrogen-bond acceptors (Lipinski definition) is 3. The second kappa shape index (κ2) is 3.87. The predicted molar refractivity (Wildman–Crippen MR) is 60.3 cm³/mol. The van der Waals surface area contributed by atoms with Crippen molar-refractivity contribution in [3.05, 3.63) is 23.8 Å². The molecular formula is C9H6Cl3NO3. The lowest BCUT2D eigenvalue weighted by atomic mass is 10.1. The van der Waals surface area contributed by atoms with Crippen molar-refractivity contribution in [3.63, 3.8) is 0 Å². The highest BCUT2D eigenvalue weighted by molar-refractivity contribution is 6.68. The van der Waals surface area contributed by atoms with Gasteiger partial charge in [0.05, 0.1) is 5.56 Å². The van der Waals surface area contributed by atoms with Gasteiger partial charge in [-0.15, -0.1) is 0 Å². The van der Waals surface area contributed by atoms with Crippen LogP contribution in [0.4, 0.5) is 0 Å². The molecule has 0 bridgehead atoms. The Labute approximate surface area is 106 Å². The summed E-state index contributed by atoms with van der Waals surface area (Å²) in [7, 11) is 0. The van der Waals surface area contributed by atoms with Gasteiger partial charge in [-0.25, -0.2) is 0 Å². The summed E-state index contributed by atoms with van der Waals surface area (Å²) in [5.41, 5.74) is 0.200. The SMILES string of the molecule is O=C1NC(C(Cl)(Cl)Cl)Oc2ccc(O)cc21. The molecule has 0 spiro atoms. The summed E-state index contributed by atoms with van der Waals surface area (Å²) in [4.78, 5) is 11.6. The van der Waals surface area contributed by atoms with E-state index < -0.39 is 15.9 Å². The number of carbonyl (C=O) groups excluding carboxylic acids is 1. The van der Waals surface area contributed by atoms with E-state index in [1.807, 2.05) is 0 Å². The molecule has 1 amide bonds. The van der Waals surface area contributed by atoms with Crippen LogP contribution in [0.2, 0.25) is 0 Å². The summed E-state index contributed by atoms with van der Waals surface area (Å²) in [6.07, 6.45) is -1.05. The Kier molecular flexibility index (Phi) is 2.82. The average Bonchev–Trinajstić information content (AvgIpc) is 2.17. The second-order valence-corrected chi connectivity index (χ2v) is 5.56. The van der Waals surface area contributed by atoms with E-state index in [9.17, 15) is 9.90 Å². The molecule has 7 heteroatoms.